The molecule has 2 saturated heterocycles. The lowest BCUT2D eigenvalue weighted by Crippen LogP contribution is -2.46. The Kier molecular flexibility index (Phi) is 5.40. The van der Waals surface area contributed by atoms with Crippen LogP contribution >= 0.6 is 22.9 Å². The molecule has 1 aromatic heterocycles. The molecular formula is C16H20ClN3O3S. The first-order valence-electron chi connectivity index (χ1n) is 8.13. The first-order valence-corrected chi connectivity index (χ1v) is 9.32. The molecule has 0 aromatic carbocycles. The second kappa shape index (κ2) is 7.53. The molecule has 3 amide bonds. The van der Waals surface area contributed by atoms with Gasteiger partial charge in [0, 0.05) is 37.5 Å². The van der Waals surface area contributed by atoms with Crippen molar-refractivity contribution in [3.8, 4) is 0 Å². The Bertz CT molecular complexity index is 648. The lowest BCUT2D eigenvalue weighted by molar-refractivity contribution is -0.135. The Hall–Kier alpha value is -1.60. The van der Waals surface area contributed by atoms with Gasteiger partial charge in [0.2, 0.25) is 17.7 Å². The first kappa shape index (κ1) is 17.2. The minimum atomic E-state index is -0.395. The van der Waals surface area contributed by atoms with Gasteiger partial charge in [0.1, 0.15) is 6.04 Å². The van der Waals surface area contributed by atoms with Crippen LogP contribution in [0.15, 0.2) is 12.1 Å². The van der Waals surface area contributed by atoms with Gasteiger partial charge in [-0.15, -0.1) is 11.3 Å². The van der Waals surface area contributed by atoms with Crippen molar-refractivity contribution >= 4 is 40.7 Å². The molecule has 2 aliphatic rings. The van der Waals surface area contributed by atoms with Crippen LogP contribution in [-0.2, 0) is 20.8 Å². The standard InChI is InChI=1S/C16H20ClN3O3S/c17-13-4-2-11(24-13)10-15(22)19-6-1-7-20(9-8-19)16(23)12-3-5-14(21)18-12/h2,4,12H,1,3,5-10H2,(H,18,21). The van der Waals surface area contributed by atoms with Crippen molar-refractivity contribution < 1.29 is 14.4 Å². The van der Waals surface area contributed by atoms with E-state index in [2.05, 4.69) is 5.32 Å². The van der Waals surface area contributed by atoms with E-state index >= 15 is 0 Å². The molecular weight excluding hydrogens is 350 g/mol. The van der Waals surface area contributed by atoms with Crippen LogP contribution in [0.3, 0.4) is 0 Å². The van der Waals surface area contributed by atoms with Crippen molar-refractivity contribution in [2.24, 2.45) is 0 Å². The average molecular weight is 370 g/mol. The minimum absolute atomic E-state index is 0.0276. The van der Waals surface area contributed by atoms with E-state index in [0.29, 0.717) is 49.8 Å². The number of carbonyl (C=O) groups is 3. The molecule has 2 aliphatic heterocycles. The quantitative estimate of drug-likeness (QED) is 0.872. The average Bonchev–Trinajstić information content (AvgIpc) is 3.07. The van der Waals surface area contributed by atoms with Gasteiger partial charge in [0.15, 0.2) is 0 Å². The Morgan fingerprint density at radius 1 is 1.21 bits per heavy atom. The van der Waals surface area contributed by atoms with E-state index in [-0.39, 0.29) is 17.7 Å². The molecule has 3 heterocycles. The largest absolute Gasteiger partial charge is 0.344 e. The van der Waals surface area contributed by atoms with Gasteiger partial charge >= 0.3 is 0 Å². The van der Waals surface area contributed by atoms with E-state index in [9.17, 15) is 14.4 Å². The summed E-state index contributed by atoms with van der Waals surface area (Å²) in [5.74, 6) is -0.0215. The highest BCUT2D eigenvalue weighted by atomic mass is 35.5. The van der Waals surface area contributed by atoms with E-state index in [1.807, 2.05) is 11.0 Å². The maximum Gasteiger partial charge on any atom is 0.245 e. The summed E-state index contributed by atoms with van der Waals surface area (Å²) in [6, 6.07) is 3.28. The number of nitrogens with zero attached hydrogens (tertiary/aromatic N) is 2. The fourth-order valence-electron chi connectivity index (χ4n) is 3.11. The van der Waals surface area contributed by atoms with E-state index in [1.54, 1.807) is 11.0 Å². The molecule has 130 valence electrons. The van der Waals surface area contributed by atoms with Gasteiger partial charge in [-0.3, -0.25) is 14.4 Å². The van der Waals surface area contributed by atoms with Gasteiger partial charge < -0.3 is 15.1 Å². The third-order valence-electron chi connectivity index (χ3n) is 4.41. The fraction of sp³-hybridized carbons (Fsp3) is 0.562. The van der Waals surface area contributed by atoms with Crippen LogP contribution in [0.2, 0.25) is 4.34 Å². The van der Waals surface area contributed by atoms with Crippen LogP contribution in [0.4, 0.5) is 0 Å². The summed E-state index contributed by atoms with van der Waals surface area (Å²) >= 11 is 7.32. The number of rotatable bonds is 3. The molecule has 2 fully saturated rings. The molecule has 6 nitrogen and oxygen atoms in total. The summed E-state index contributed by atoms with van der Waals surface area (Å²) < 4.78 is 0.684. The van der Waals surface area contributed by atoms with Gasteiger partial charge in [-0.05, 0) is 25.0 Å². The zero-order valence-electron chi connectivity index (χ0n) is 13.3. The Morgan fingerprint density at radius 3 is 2.62 bits per heavy atom. The molecule has 0 saturated carbocycles. The lowest BCUT2D eigenvalue weighted by atomic mass is 10.2. The van der Waals surface area contributed by atoms with Crippen LogP contribution in [0.25, 0.3) is 0 Å². The molecule has 0 aliphatic carbocycles. The van der Waals surface area contributed by atoms with E-state index < -0.39 is 6.04 Å². The second-order valence-corrected chi connectivity index (χ2v) is 7.90. The smallest absolute Gasteiger partial charge is 0.245 e. The highest BCUT2D eigenvalue weighted by Crippen LogP contribution is 2.22. The predicted octanol–water partition coefficient (Wildman–Crippen LogP) is 1.28. The molecule has 1 atom stereocenters. The third-order valence-corrected chi connectivity index (χ3v) is 5.64. The third kappa shape index (κ3) is 4.08. The number of amides is 3. The van der Waals surface area contributed by atoms with Gasteiger partial charge in [-0.25, -0.2) is 0 Å². The van der Waals surface area contributed by atoms with Crippen LogP contribution in [0.5, 0.6) is 0 Å². The molecule has 3 rings (SSSR count). The highest BCUT2D eigenvalue weighted by molar-refractivity contribution is 7.16. The monoisotopic (exact) mass is 369 g/mol. The van der Waals surface area contributed by atoms with Gasteiger partial charge in [-0.1, -0.05) is 11.6 Å². The number of nitrogens with one attached hydrogen (secondary N) is 1. The Labute approximate surface area is 149 Å². The highest BCUT2D eigenvalue weighted by Gasteiger charge is 2.32. The van der Waals surface area contributed by atoms with Gasteiger partial charge in [-0.2, -0.15) is 0 Å². The number of hydrogen-bond donors (Lipinski definition) is 1. The van der Waals surface area contributed by atoms with Crippen LogP contribution in [0.1, 0.15) is 24.1 Å². The van der Waals surface area contributed by atoms with Crippen molar-refractivity contribution in [2.45, 2.75) is 31.7 Å². The number of thiophene rings is 1. The molecule has 1 N–H and O–H groups in total. The summed E-state index contributed by atoms with van der Waals surface area (Å²) in [7, 11) is 0. The molecule has 0 radical (unpaired) electrons. The molecule has 0 spiro atoms. The zero-order chi connectivity index (χ0) is 17.1. The van der Waals surface area contributed by atoms with Crippen LogP contribution in [0, 0.1) is 0 Å². The molecule has 1 unspecified atom stereocenters. The summed E-state index contributed by atoms with van der Waals surface area (Å²) in [4.78, 5) is 40.7. The second-order valence-electron chi connectivity index (χ2n) is 6.10. The predicted molar refractivity (Wildman–Crippen MR) is 92.0 cm³/mol. The van der Waals surface area contributed by atoms with Crippen molar-refractivity contribution in [1.82, 2.24) is 15.1 Å². The van der Waals surface area contributed by atoms with Gasteiger partial charge in [0.05, 0.1) is 10.8 Å². The topological polar surface area (TPSA) is 69.7 Å². The Balaban J connectivity index is 1.53. The van der Waals surface area contributed by atoms with Crippen LogP contribution in [-0.4, -0.2) is 59.7 Å². The van der Waals surface area contributed by atoms with Crippen molar-refractivity contribution in [1.29, 1.82) is 0 Å². The summed E-state index contributed by atoms with van der Waals surface area (Å²) in [6.45, 7) is 2.32. The zero-order valence-corrected chi connectivity index (χ0v) is 14.9. The molecule has 0 bridgehead atoms. The molecule has 1 aromatic rings. The SMILES string of the molecule is O=C1CCC(C(=O)N2CCCN(C(=O)Cc3ccc(Cl)s3)CC2)N1. The van der Waals surface area contributed by atoms with E-state index in [1.165, 1.54) is 11.3 Å². The minimum Gasteiger partial charge on any atom is -0.344 e. The normalized spacial score (nSPS) is 21.5. The maximum absolute atomic E-state index is 12.5. The van der Waals surface area contributed by atoms with Gasteiger partial charge in [0.25, 0.3) is 0 Å². The number of halogens is 1. The number of carbonyl (C=O) groups excluding carboxylic acids is 3. The summed E-state index contributed by atoms with van der Waals surface area (Å²) in [6.07, 6.45) is 2.08. The molecule has 24 heavy (non-hydrogen) atoms. The lowest BCUT2D eigenvalue weighted by Gasteiger charge is -2.24. The summed E-state index contributed by atoms with van der Waals surface area (Å²) in [5, 5.41) is 2.72. The fourth-order valence-corrected chi connectivity index (χ4v) is 4.19. The van der Waals surface area contributed by atoms with Crippen molar-refractivity contribution in [3.05, 3.63) is 21.3 Å². The summed E-state index contributed by atoms with van der Waals surface area (Å²) in [5.41, 5.74) is 0. The number of hydrogen-bond acceptors (Lipinski definition) is 4. The maximum atomic E-state index is 12.5. The van der Waals surface area contributed by atoms with Crippen molar-refractivity contribution in [2.75, 3.05) is 26.2 Å². The molecule has 8 heteroatoms. The van der Waals surface area contributed by atoms with E-state index in [4.69, 9.17) is 11.6 Å². The first-order chi connectivity index (χ1) is 11.5. The van der Waals surface area contributed by atoms with E-state index in [0.717, 1.165) is 11.3 Å². The van der Waals surface area contributed by atoms with Crippen molar-refractivity contribution in [3.63, 3.8) is 0 Å². The van der Waals surface area contributed by atoms with Crippen LogP contribution < -0.4 is 5.32 Å². The Morgan fingerprint density at radius 2 is 1.96 bits per heavy atom.